The minimum atomic E-state index is -0.0677. The number of carbonyl (C=O) groups is 2. The topological polar surface area (TPSA) is 59.1 Å². The van der Waals surface area contributed by atoms with E-state index in [-0.39, 0.29) is 25.0 Å². The van der Waals surface area contributed by atoms with E-state index < -0.39 is 0 Å². The number of rotatable bonds is 6. The fraction of sp³-hybridized carbons (Fsp3) is 0.333. The molecule has 0 aliphatic carbocycles. The summed E-state index contributed by atoms with van der Waals surface area (Å²) in [6, 6.07) is 16.9. The van der Waals surface area contributed by atoms with Crippen molar-refractivity contribution in [1.82, 2.24) is 9.80 Å². The Balaban J connectivity index is 1.39. The molecular formula is C21H24N2O4. The summed E-state index contributed by atoms with van der Waals surface area (Å²) in [7, 11) is 0. The van der Waals surface area contributed by atoms with Crippen molar-refractivity contribution in [2.45, 2.75) is 6.92 Å². The molecule has 1 aliphatic rings. The van der Waals surface area contributed by atoms with Crippen molar-refractivity contribution < 1.29 is 19.1 Å². The predicted octanol–water partition coefficient (Wildman–Crippen LogP) is 2.12. The Morgan fingerprint density at radius 2 is 1.19 bits per heavy atom. The fourth-order valence-corrected chi connectivity index (χ4v) is 2.83. The maximum absolute atomic E-state index is 12.3. The second kappa shape index (κ2) is 9.07. The van der Waals surface area contributed by atoms with E-state index in [1.54, 1.807) is 9.80 Å². The summed E-state index contributed by atoms with van der Waals surface area (Å²) in [6.45, 7) is 4.05. The molecule has 1 fully saturated rings. The van der Waals surface area contributed by atoms with Crippen molar-refractivity contribution >= 4 is 11.8 Å². The second-order valence-corrected chi connectivity index (χ2v) is 6.47. The number of ether oxygens (including phenoxy) is 2. The van der Waals surface area contributed by atoms with Crippen LogP contribution in [-0.4, -0.2) is 61.0 Å². The monoisotopic (exact) mass is 368 g/mol. The molecule has 2 aromatic carbocycles. The molecule has 2 amide bonds. The van der Waals surface area contributed by atoms with Gasteiger partial charge in [0.25, 0.3) is 11.8 Å². The highest BCUT2D eigenvalue weighted by Gasteiger charge is 2.24. The van der Waals surface area contributed by atoms with Gasteiger partial charge in [-0.25, -0.2) is 0 Å². The van der Waals surface area contributed by atoms with E-state index in [1.165, 1.54) is 0 Å². The SMILES string of the molecule is Cc1ccc(OCC(=O)N2CCN(C(=O)COc3ccccc3)CC2)cc1. The van der Waals surface area contributed by atoms with Gasteiger partial charge in [-0.15, -0.1) is 0 Å². The highest BCUT2D eigenvalue weighted by Crippen LogP contribution is 2.12. The van der Waals surface area contributed by atoms with Crippen LogP contribution in [0.1, 0.15) is 5.56 Å². The van der Waals surface area contributed by atoms with E-state index in [2.05, 4.69) is 0 Å². The Hall–Kier alpha value is -3.02. The van der Waals surface area contributed by atoms with Crippen LogP contribution in [0, 0.1) is 6.92 Å². The lowest BCUT2D eigenvalue weighted by Crippen LogP contribution is -2.52. The van der Waals surface area contributed by atoms with Gasteiger partial charge in [0, 0.05) is 26.2 Å². The minimum absolute atomic E-state index is 0.00806. The van der Waals surface area contributed by atoms with Crippen molar-refractivity contribution in [3.05, 3.63) is 60.2 Å². The Bertz CT molecular complexity index is 754. The van der Waals surface area contributed by atoms with Gasteiger partial charge < -0.3 is 19.3 Å². The van der Waals surface area contributed by atoms with Crippen LogP contribution in [-0.2, 0) is 9.59 Å². The number of hydrogen-bond acceptors (Lipinski definition) is 4. The second-order valence-electron chi connectivity index (χ2n) is 6.47. The number of piperazine rings is 1. The lowest BCUT2D eigenvalue weighted by molar-refractivity contribution is -0.141. The zero-order valence-corrected chi connectivity index (χ0v) is 15.5. The van der Waals surface area contributed by atoms with Crippen LogP contribution >= 0.6 is 0 Å². The summed E-state index contributed by atoms with van der Waals surface area (Å²) >= 11 is 0. The maximum atomic E-state index is 12.3. The van der Waals surface area contributed by atoms with Crippen LogP contribution in [0.3, 0.4) is 0 Å². The van der Waals surface area contributed by atoms with Gasteiger partial charge in [-0.05, 0) is 31.2 Å². The summed E-state index contributed by atoms with van der Waals surface area (Å²) in [5.41, 5.74) is 1.14. The first-order valence-electron chi connectivity index (χ1n) is 9.05. The number of benzene rings is 2. The molecule has 1 aliphatic heterocycles. The van der Waals surface area contributed by atoms with Crippen molar-refractivity contribution in [3.8, 4) is 11.5 Å². The number of carbonyl (C=O) groups excluding carboxylic acids is 2. The number of hydrogen-bond donors (Lipinski definition) is 0. The Labute approximate surface area is 159 Å². The fourth-order valence-electron chi connectivity index (χ4n) is 2.83. The first-order valence-corrected chi connectivity index (χ1v) is 9.05. The molecule has 0 spiro atoms. The van der Waals surface area contributed by atoms with E-state index in [0.29, 0.717) is 37.7 Å². The molecule has 6 nitrogen and oxygen atoms in total. The third kappa shape index (κ3) is 5.48. The highest BCUT2D eigenvalue weighted by atomic mass is 16.5. The van der Waals surface area contributed by atoms with Gasteiger partial charge in [-0.1, -0.05) is 35.9 Å². The molecule has 0 bridgehead atoms. The average molecular weight is 368 g/mol. The van der Waals surface area contributed by atoms with Gasteiger partial charge in [-0.2, -0.15) is 0 Å². The van der Waals surface area contributed by atoms with E-state index in [9.17, 15) is 9.59 Å². The first-order chi connectivity index (χ1) is 13.1. The third-order valence-electron chi connectivity index (χ3n) is 4.47. The molecule has 1 heterocycles. The van der Waals surface area contributed by atoms with Crippen molar-refractivity contribution in [2.24, 2.45) is 0 Å². The summed E-state index contributed by atoms with van der Waals surface area (Å²) < 4.78 is 11.0. The van der Waals surface area contributed by atoms with E-state index in [0.717, 1.165) is 5.56 Å². The van der Waals surface area contributed by atoms with Gasteiger partial charge in [-0.3, -0.25) is 9.59 Å². The Morgan fingerprint density at radius 1 is 0.741 bits per heavy atom. The zero-order chi connectivity index (χ0) is 19.1. The molecule has 0 radical (unpaired) electrons. The molecular weight excluding hydrogens is 344 g/mol. The molecule has 1 saturated heterocycles. The maximum Gasteiger partial charge on any atom is 0.260 e. The Morgan fingerprint density at radius 3 is 1.67 bits per heavy atom. The molecule has 0 atom stereocenters. The normalized spacial score (nSPS) is 14.0. The van der Waals surface area contributed by atoms with Gasteiger partial charge in [0.1, 0.15) is 11.5 Å². The minimum Gasteiger partial charge on any atom is -0.484 e. The third-order valence-corrected chi connectivity index (χ3v) is 4.47. The predicted molar refractivity (Wildman–Crippen MR) is 102 cm³/mol. The molecule has 142 valence electrons. The van der Waals surface area contributed by atoms with Gasteiger partial charge in [0.2, 0.25) is 0 Å². The van der Waals surface area contributed by atoms with Crippen molar-refractivity contribution in [1.29, 1.82) is 0 Å². The summed E-state index contributed by atoms with van der Waals surface area (Å²) in [5.74, 6) is 1.22. The number of para-hydroxylation sites is 1. The smallest absolute Gasteiger partial charge is 0.260 e. The van der Waals surface area contributed by atoms with Gasteiger partial charge >= 0.3 is 0 Å². The number of aryl methyl sites for hydroxylation is 1. The standard InChI is InChI=1S/C21H24N2O4/c1-17-7-9-19(10-8-17)27-16-21(25)23-13-11-22(12-14-23)20(24)15-26-18-5-3-2-4-6-18/h2-10H,11-16H2,1H3. The van der Waals surface area contributed by atoms with Crippen LogP contribution in [0.2, 0.25) is 0 Å². The molecule has 2 aromatic rings. The van der Waals surface area contributed by atoms with E-state index >= 15 is 0 Å². The van der Waals surface area contributed by atoms with Gasteiger partial charge in [0.15, 0.2) is 13.2 Å². The summed E-state index contributed by atoms with van der Waals surface area (Å²) in [4.78, 5) is 28.0. The molecule has 0 unspecified atom stereocenters. The van der Waals surface area contributed by atoms with E-state index in [4.69, 9.17) is 9.47 Å². The summed E-state index contributed by atoms with van der Waals surface area (Å²) in [5, 5.41) is 0. The van der Waals surface area contributed by atoms with Crippen LogP contribution in [0.15, 0.2) is 54.6 Å². The highest BCUT2D eigenvalue weighted by molar-refractivity contribution is 5.80. The molecule has 3 rings (SSSR count). The van der Waals surface area contributed by atoms with E-state index in [1.807, 2.05) is 61.5 Å². The number of nitrogens with zero attached hydrogens (tertiary/aromatic N) is 2. The lowest BCUT2D eigenvalue weighted by Gasteiger charge is -2.34. The van der Waals surface area contributed by atoms with Crippen LogP contribution in [0.25, 0.3) is 0 Å². The zero-order valence-electron chi connectivity index (χ0n) is 15.5. The average Bonchev–Trinajstić information content (AvgIpc) is 2.72. The Kier molecular flexibility index (Phi) is 6.30. The van der Waals surface area contributed by atoms with Gasteiger partial charge in [0.05, 0.1) is 0 Å². The van der Waals surface area contributed by atoms with Crippen LogP contribution < -0.4 is 9.47 Å². The number of amides is 2. The van der Waals surface area contributed by atoms with Crippen molar-refractivity contribution in [2.75, 3.05) is 39.4 Å². The summed E-state index contributed by atoms with van der Waals surface area (Å²) in [6.07, 6.45) is 0. The van der Waals surface area contributed by atoms with Crippen LogP contribution in [0.4, 0.5) is 0 Å². The van der Waals surface area contributed by atoms with Crippen molar-refractivity contribution in [3.63, 3.8) is 0 Å². The molecule has 6 heteroatoms. The van der Waals surface area contributed by atoms with Crippen LogP contribution in [0.5, 0.6) is 11.5 Å². The largest absolute Gasteiger partial charge is 0.484 e. The first kappa shape index (κ1) is 18.8. The molecule has 0 saturated carbocycles. The lowest BCUT2D eigenvalue weighted by atomic mass is 10.2. The quantitative estimate of drug-likeness (QED) is 0.784. The molecule has 0 aromatic heterocycles. The molecule has 0 N–H and O–H groups in total. The molecule has 27 heavy (non-hydrogen) atoms.